The van der Waals surface area contributed by atoms with Gasteiger partial charge < -0.3 is 10.6 Å². The van der Waals surface area contributed by atoms with Crippen LogP contribution in [-0.4, -0.2) is 17.6 Å². The van der Waals surface area contributed by atoms with Crippen molar-refractivity contribution in [2.75, 3.05) is 11.1 Å². The Morgan fingerprint density at radius 3 is 2.20 bits per heavy atom. The minimum absolute atomic E-state index is 0.0106. The van der Waals surface area contributed by atoms with Gasteiger partial charge in [-0.05, 0) is 35.7 Å². The molecule has 0 bridgehead atoms. The first-order chi connectivity index (χ1) is 12.0. The fraction of sp³-hybridized carbons (Fsp3) is 0.300. The van der Waals surface area contributed by atoms with E-state index in [2.05, 4.69) is 24.5 Å². The topological polar surface area (TPSA) is 58.2 Å². The lowest BCUT2D eigenvalue weighted by molar-refractivity contribution is -0.119. The van der Waals surface area contributed by atoms with Crippen LogP contribution < -0.4 is 10.6 Å². The van der Waals surface area contributed by atoms with Crippen molar-refractivity contribution in [3.63, 3.8) is 0 Å². The summed E-state index contributed by atoms with van der Waals surface area (Å²) in [5.41, 5.74) is 1.88. The van der Waals surface area contributed by atoms with Gasteiger partial charge >= 0.3 is 0 Å². The molecule has 2 rings (SSSR count). The molecule has 2 N–H and O–H groups in total. The molecule has 0 saturated heterocycles. The summed E-state index contributed by atoms with van der Waals surface area (Å²) in [7, 11) is 0. The third-order valence-electron chi connectivity index (χ3n) is 3.69. The van der Waals surface area contributed by atoms with Crippen LogP contribution in [0.25, 0.3) is 0 Å². The molecule has 2 aromatic carbocycles. The van der Waals surface area contributed by atoms with E-state index >= 15 is 0 Å². The van der Waals surface area contributed by atoms with Crippen LogP contribution in [0, 0.1) is 5.92 Å². The molecule has 0 aliphatic carbocycles. The Labute approximate surface area is 153 Å². The summed E-state index contributed by atoms with van der Waals surface area (Å²) < 4.78 is 0. The fourth-order valence-electron chi connectivity index (χ4n) is 2.50. The van der Waals surface area contributed by atoms with Gasteiger partial charge in [0, 0.05) is 17.5 Å². The Hall–Kier alpha value is -2.27. The molecule has 2 aromatic rings. The second-order valence-corrected chi connectivity index (χ2v) is 7.24. The van der Waals surface area contributed by atoms with Gasteiger partial charge in [0.05, 0.1) is 11.8 Å². The predicted molar refractivity (Wildman–Crippen MR) is 104 cm³/mol. The van der Waals surface area contributed by atoms with E-state index in [1.54, 1.807) is 0 Å². The van der Waals surface area contributed by atoms with Crippen LogP contribution in [0.15, 0.2) is 59.5 Å². The number of anilines is 1. The summed E-state index contributed by atoms with van der Waals surface area (Å²) in [6.45, 7) is 5.68. The zero-order valence-corrected chi connectivity index (χ0v) is 15.6. The van der Waals surface area contributed by atoms with Gasteiger partial charge in [0.2, 0.25) is 11.8 Å². The molecule has 4 nitrogen and oxygen atoms in total. The molecule has 25 heavy (non-hydrogen) atoms. The number of amides is 2. The normalized spacial score (nSPS) is 11.8. The van der Waals surface area contributed by atoms with Gasteiger partial charge in [-0.15, -0.1) is 11.8 Å². The molecule has 0 radical (unpaired) electrons. The highest BCUT2D eigenvalue weighted by molar-refractivity contribution is 8.00. The molecule has 0 spiro atoms. The summed E-state index contributed by atoms with van der Waals surface area (Å²) in [5, 5.41) is 5.85. The first-order valence-electron chi connectivity index (χ1n) is 8.30. The minimum atomic E-state index is -0.0968. The number of carbonyl (C=O) groups excluding carboxylic acids is 2. The maximum absolute atomic E-state index is 12.3. The first-order valence-corrected chi connectivity index (χ1v) is 9.29. The van der Waals surface area contributed by atoms with Crippen LogP contribution in [0.1, 0.15) is 32.4 Å². The summed E-state index contributed by atoms with van der Waals surface area (Å²) in [5.74, 6) is 0.586. The lowest BCUT2D eigenvalue weighted by atomic mass is 9.96. The van der Waals surface area contributed by atoms with Gasteiger partial charge in [-0.25, -0.2) is 0 Å². The van der Waals surface area contributed by atoms with Gasteiger partial charge in [-0.3, -0.25) is 9.59 Å². The van der Waals surface area contributed by atoms with Crippen molar-refractivity contribution < 1.29 is 9.59 Å². The highest BCUT2D eigenvalue weighted by atomic mass is 32.2. The van der Waals surface area contributed by atoms with Crippen molar-refractivity contribution in [3.8, 4) is 0 Å². The Morgan fingerprint density at radius 2 is 1.64 bits per heavy atom. The Bertz CT molecular complexity index is 699. The zero-order valence-electron chi connectivity index (χ0n) is 14.8. The van der Waals surface area contributed by atoms with E-state index in [1.807, 2.05) is 54.6 Å². The number of nitrogens with one attached hydrogen (secondary N) is 2. The molecular formula is C20H24N2O2S. The average molecular weight is 356 g/mol. The van der Waals surface area contributed by atoms with E-state index in [9.17, 15) is 9.59 Å². The van der Waals surface area contributed by atoms with E-state index < -0.39 is 0 Å². The van der Waals surface area contributed by atoms with Crippen molar-refractivity contribution in [2.45, 2.75) is 31.7 Å². The lowest BCUT2D eigenvalue weighted by Gasteiger charge is -2.23. The third kappa shape index (κ3) is 6.27. The molecule has 0 aromatic heterocycles. The fourth-order valence-corrected chi connectivity index (χ4v) is 3.21. The molecule has 0 aliphatic rings. The van der Waals surface area contributed by atoms with E-state index in [1.165, 1.54) is 18.7 Å². The van der Waals surface area contributed by atoms with Crippen molar-refractivity contribution >= 4 is 29.3 Å². The summed E-state index contributed by atoms with van der Waals surface area (Å²) >= 11 is 1.48. The highest BCUT2D eigenvalue weighted by Gasteiger charge is 2.18. The average Bonchev–Trinajstić information content (AvgIpc) is 2.59. The molecule has 0 aliphatic heterocycles. The van der Waals surface area contributed by atoms with Crippen molar-refractivity contribution in [3.05, 3.63) is 60.2 Å². The van der Waals surface area contributed by atoms with E-state index in [4.69, 9.17) is 0 Å². The van der Waals surface area contributed by atoms with Gasteiger partial charge in [-0.2, -0.15) is 0 Å². The second kappa shape index (κ2) is 9.28. The third-order valence-corrected chi connectivity index (χ3v) is 4.70. The van der Waals surface area contributed by atoms with Crippen LogP contribution in [0.4, 0.5) is 5.69 Å². The molecule has 132 valence electrons. The van der Waals surface area contributed by atoms with Crippen LogP contribution >= 0.6 is 11.8 Å². The second-order valence-electron chi connectivity index (χ2n) is 6.19. The summed E-state index contributed by atoms with van der Waals surface area (Å²) in [4.78, 5) is 24.3. The number of hydrogen-bond acceptors (Lipinski definition) is 3. The molecule has 0 heterocycles. The summed E-state index contributed by atoms with van der Waals surface area (Å²) in [6.07, 6.45) is 0. The molecular weight excluding hydrogens is 332 g/mol. The molecule has 2 amide bonds. The van der Waals surface area contributed by atoms with E-state index in [0.717, 1.165) is 16.1 Å². The molecule has 1 unspecified atom stereocenters. The van der Waals surface area contributed by atoms with Crippen molar-refractivity contribution in [1.82, 2.24) is 5.32 Å². The SMILES string of the molecule is CC(=O)Nc1ccc(SCC(=O)NC(c2ccccc2)C(C)C)cc1. The number of hydrogen-bond donors (Lipinski definition) is 2. The Morgan fingerprint density at radius 1 is 1.00 bits per heavy atom. The Balaban J connectivity index is 1.90. The minimum Gasteiger partial charge on any atom is -0.348 e. The number of carbonyl (C=O) groups is 2. The number of benzene rings is 2. The lowest BCUT2D eigenvalue weighted by Crippen LogP contribution is -2.32. The molecule has 1 atom stereocenters. The van der Waals surface area contributed by atoms with Crippen molar-refractivity contribution in [2.24, 2.45) is 5.92 Å². The quantitative estimate of drug-likeness (QED) is 0.729. The van der Waals surface area contributed by atoms with Gasteiger partial charge in [0.15, 0.2) is 0 Å². The van der Waals surface area contributed by atoms with E-state index in [0.29, 0.717) is 11.7 Å². The Kier molecular flexibility index (Phi) is 7.07. The number of thioether (sulfide) groups is 1. The molecule has 0 saturated carbocycles. The van der Waals surface area contributed by atoms with Crippen LogP contribution in [0.3, 0.4) is 0 Å². The van der Waals surface area contributed by atoms with Crippen LogP contribution in [0.2, 0.25) is 0 Å². The summed E-state index contributed by atoms with van der Waals surface area (Å²) in [6, 6.07) is 17.5. The number of rotatable bonds is 7. The highest BCUT2D eigenvalue weighted by Crippen LogP contribution is 2.23. The largest absolute Gasteiger partial charge is 0.348 e. The van der Waals surface area contributed by atoms with Gasteiger partial charge in [0.1, 0.15) is 0 Å². The van der Waals surface area contributed by atoms with Crippen LogP contribution in [-0.2, 0) is 9.59 Å². The monoisotopic (exact) mass is 356 g/mol. The van der Waals surface area contributed by atoms with Crippen molar-refractivity contribution in [1.29, 1.82) is 0 Å². The van der Waals surface area contributed by atoms with E-state index in [-0.39, 0.29) is 17.9 Å². The first kappa shape index (κ1) is 19.1. The zero-order chi connectivity index (χ0) is 18.2. The standard InChI is InChI=1S/C20H24N2O2S/c1-14(2)20(16-7-5-4-6-8-16)22-19(24)13-25-18-11-9-17(10-12-18)21-15(3)23/h4-12,14,20H,13H2,1-3H3,(H,21,23)(H,22,24). The van der Waals surface area contributed by atoms with Crippen LogP contribution in [0.5, 0.6) is 0 Å². The smallest absolute Gasteiger partial charge is 0.230 e. The maximum Gasteiger partial charge on any atom is 0.230 e. The predicted octanol–water partition coefficient (Wildman–Crippen LogP) is 4.25. The molecule has 0 fully saturated rings. The van der Waals surface area contributed by atoms with Gasteiger partial charge in [-0.1, -0.05) is 44.2 Å². The maximum atomic E-state index is 12.3. The van der Waals surface area contributed by atoms with Gasteiger partial charge in [0.25, 0.3) is 0 Å². The molecule has 5 heteroatoms.